The minimum Gasteiger partial charge on any atom is -0.388 e. The first-order valence-electron chi connectivity index (χ1n) is 23.4. The Labute approximate surface area is 412 Å². The fourth-order valence-corrected chi connectivity index (χ4v) is 9.05. The van der Waals surface area contributed by atoms with Crippen LogP contribution in [0.25, 0.3) is 0 Å². The first-order valence-corrected chi connectivity index (χ1v) is 23.4. The third-order valence-corrected chi connectivity index (χ3v) is 13.7. The third-order valence-electron chi connectivity index (χ3n) is 13.7. The van der Waals surface area contributed by atoms with E-state index >= 15 is 0 Å². The number of ether oxygens (including phenoxy) is 15. The first-order chi connectivity index (χ1) is 34.6. The van der Waals surface area contributed by atoms with Crippen LogP contribution < -0.4 is 0 Å². The van der Waals surface area contributed by atoms with Gasteiger partial charge in [0, 0.05) is 0 Å². The molecule has 33 nitrogen and oxygen atoms in total. The molecule has 18 N–H and O–H groups in total. The molecule has 33 heteroatoms. The maximum atomic E-state index is 11.0. The molecule has 8 aliphatic rings. The quantitative estimate of drug-likeness (QED) is 0.0768. The van der Waals surface area contributed by atoms with Gasteiger partial charge in [-0.2, -0.15) is 0 Å². The van der Waals surface area contributed by atoms with Crippen molar-refractivity contribution in [2.45, 2.75) is 197 Å². The summed E-state index contributed by atoms with van der Waals surface area (Å²) in [6.45, 7) is -3.74. The van der Waals surface area contributed by atoms with E-state index in [-0.39, 0.29) is 13.2 Å². The fourth-order valence-electron chi connectivity index (χ4n) is 9.05. The molecule has 8 aliphatic heterocycles. The number of aliphatic hydroxyl groups is 18. The molecule has 8 heterocycles. The highest BCUT2D eigenvalue weighted by molar-refractivity contribution is 4.95. The average molecular weight is 1070 g/mol. The van der Waals surface area contributed by atoms with Crippen molar-refractivity contribution in [2.75, 3.05) is 52.9 Å². The minimum atomic E-state index is -1.89. The molecule has 8 rings (SSSR count). The van der Waals surface area contributed by atoms with Crippen LogP contribution in [-0.4, -0.2) is 342 Å². The van der Waals surface area contributed by atoms with E-state index < -0.39 is 236 Å². The summed E-state index contributed by atoms with van der Waals surface area (Å²) >= 11 is 0. The van der Waals surface area contributed by atoms with Gasteiger partial charge in [-0.05, 0) is 0 Å². The zero-order valence-corrected chi connectivity index (χ0v) is 38.3. The van der Waals surface area contributed by atoms with Gasteiger partial charge in [0.1, 0.15) is 146 Å². The molecule has 0 saturated carbocycles. The Hall–Kier alpha value is -1.32. The minimum absolute atomic E-state index is 0.386. The summed E-state index contributed by atoms with van der Waals surface area (Å²) in [5, 5.41) is 189. The Balaban J connectivity index is 0.739. The van der Waals surface area contributed by atoms with Gasteiger partial charge in [0.25, 0.3) is 0 Å². The van der Waals surface area contributed by atoms with Crippen molar-refractivity contribution >= 4 is 0 Å². The second-order valence-electron chi connectivity index (χ2n) is 18.8. The molecular formula is C40H66O33. The molecule has 0 spiro atoms. The van der Waals surface area contributed by atoms with Crippen LogP contribution in [0, 0.1) is 0 Å². The Morgan fingerprint density at radius 2 is 0.370 bits per heavy atom. The molecule has 8 unspecified atom stereocenters. The van der Waals surface area contributed by atoms with Crippen LogP contribution in [0.5, 0.6) is 0 Å². The molecule has 8 saturated heterocycles. The lowest BCUT2D eigenvalue weighted by atomic mass is 10.0. The van der Waals surface area contributed by atoms with Gasteiger partial charge in [-0.25, -0.2) is 0 Å². The second-order valence-corrected chi connectivity index (χ2v) is 18.8. The molecule has 0 aromatic heterocycles. The van der Waals surface area contributed by atoms with E-state index in [2.05, 4.69) is 0 Å². The second kappa shape index (κ2) is 24.8. The van der Waals surface area contributed by atoms with Crippen LogP contribution in [0.3, 0.4) is 0 Å². The summed E-state index contributed by atoms with van der Waals surface area (Å²) in [4.78, 5) is 0. The zero-order chi connectivity index (χ0) is 52.7. The maximum absolute atomic E-state index is 11.0. The molecule has 0 aromatic rings. The summed E-state index contributed by atoms with van der Waals surface area (Å²) in [5.74, 6) is 0. The van der Waals surface area contributed by atoms with E-state index in [1.54, 1.807) is 0 Å². The van der Waals surface area contributed by atoms with Crippen LogP contribution in [0.2, 0.25) is 0 Å². The van der Waals surface area contributed by atoms with E-state index in [9.17, 15) is 91.9 Å². The standard InChI is InChI=1S/C40H66O33/c41-9-1-60-34(26(51)17(9)42)68-11-3-62-36(28(53)19(11)44)70-13-5-64-38(30(55)21(13)46)72-15-7-66-40(32(57)23(15)48)73-16-8-65-39(31(56)24(16)49)71-14-6-63-37(29(54)22(14)47)69-12-4-61-35(27(52)20(12)45)67-10-2-59-33(58)25(50)18(10)43/h9-58H,1-8H2/t9-,10-,11-,12-,13-,14-,15-,16-,17+,18+,19+,20+,21+,22+,23+,24+,25?,26?,27?,28?,29?,30?,31?,32?,33-,34+,35-,36+,37-,38-,39-,40-/m1/s1. The summed E-state index contributed by atoms with van der Waals surface area (Å²) in [6.07, 6.45) is -52.2. The van der Waals surface area contributed by atoms with E-state index in [4.69, 9.17) is 71.1 Å². The normalized spacial score (nSPS) is 54.5. The Morgan fingerprint density at radius 3 is 0.603 bits per heavy atom. The fraction of sp³-hybridized carbons (Fsp3) is 1.00. The molecule has 32 atom stereocenters. The molecule has 0 aliphatic carbocycles. The average Bonchev–Trinajstić information content (AvgIpc) is 3.37. The highest BCUT2D eigenvalue weighted by Crippen LogP contribution is 2.33. The van der Waals surface area contributed by atoms with Gasteiger partial charge >= 0.3 is 0 Å². The largest absolute Gasteiger partial charge is 0.388 e. The van der Waals surface area contributed by atoms with Gasteiger partial charge in [0.15, 0.2) is 50.3 Å². The number of hydrogen-bond acceptors (Lipinski definition) is 33. The lowest BCUT2D eigenvalue weighted by Gasteiger charge is -2.45. The Bertz CT molecular complexity index is 1600. The van der Waals surface area contributed by atoms with Crippen LogP contribution >= 0.6 is 0 Å². The van der Waals surface area contributed by atoms with E-state index in [1.165, 1.54) is 0 Å². The van der Waals surface area contributed by atoms with Crippen molar-refractivity contribution in [3.8, 4) is 0 Å². The maximum Gasteiger partial charge on any atom is 0.186 e. The van der Waals surface area contributed by atoms with Crippen molar-refractivity contribution in [1.29, 1.82) is 0 Å². The van der Waals surface area contributed by atoms with Crippen LogP contribution in [0.1, 0.15) is 0 Å². The van der Waals surface area contributed by atoms with Gasteiger partial charge in [-0.1, -0.05) is 0 Å². The van der Waals surface area contributed by atoms with Gasteiger partial charge < -0.3 is 163 Å². The molecular weight excluding hydrogens is 1010 g/mol. The summed E-state index contributed by atoms with van der Waals surface area (Å²) in [5.41, 5.74) is 0. The smallest absolute Gasteiger partial charge is 0.186 e. The molecule has 8 fully saturated rings. The van der Waals surface area contributed by atoms with Crippen LogP contribution in [-0.2, 0) is 71.1 Å². The predicted molar refractivity (Wildman–Crippen MR) is 216 cm³/mol. The highest BCUT2D eigenvalue weighted by atomic mass is 16.8. The van der Waals surface area contributed by atoms with Crippen molar-refractivity contribution in [1.82, 2.24) is 0 Å². The molecule has 0 aromatic carbocycles. The number of aliphatic hydroxyl groups excluding tert-OH is 18. The summed E-state index contributed by atoms with van der Waals surface area (Å²) in [6, 6.07) is 0. The molecule has 73 heavy (non-hydrogen) atoms. The predicted octanol–water partition coefficient (Wildman–Crippen LogP) is -13.3. The summed E-state index contributed by atoms with van der Waals surface area (Å²) < 4.78 is 82.0. The van der Waals surface area contributed by atoms with Crippen molar-refractivity contribution in [3.05, 3.63) is 0 Å². The zero-order valence-electron chi connectivity index (χ0n) is 38.3. The Morgan fingerprint density at radius 1 is 0.192 bits per heavy atom. The van der Waals surface area contributed by atoms with Crippen molar-refractivity contribution < 1.29 is 163 Å². The third kappa shape index (κ3) is 12.6. The first kappa shape index (κ1) is 57.8. The monoisotopic (exact) mass is 1070 g/mol. The van der Waals surface area contributed by atoms with Gasteiger partial charge in [0.05, 0.1) is 52.9 Å². The van der Waals surface area contributed by atoms with E-state index in [1.807, 2.05) is 0 Å². The highest BCUT2D eigenvalue weighted by Gasteiger charge is 2.53. The van der Waals surface area contributed by atoms with Crippen LogP contribution in [0.15, 0.2) is 0 Å². The molecule has 424 valence electrons. The lowest BCUT2D eigenvalue weighted by molar-refractivity contribution is -0.368. The molecule has 0 radical (unpaired) electrons. The van der Waals surface area contributed by atoms with E-state index in [0.29, 0.717) is 0 Å². The number of rotatable bonds is 14. The van der Waals surface area contributed by atoms with Crippen molar-refractivity contribution in [2.24, 2.45) is 0 Å². The van der Waals surface area contributed by atoms with Gasteiger partial charge in [0.2, 0.25) is 0 Å². The van der Waals surface area contributed by atoms with Gasteiger partial charge in [-0.15, -0.1) is 0 Å². The lowest BCUT2D eigenvalue weighted by Crippen LogP contribution is -2.63. The van der Waals surface area contributed by atoms with Crippen molar-refractivity contribution in [3.63, 3.8) is 0 Å². The Kier molecular flexibility index (Phi) is 19.6. The molecule has 0 amide bonds. The van der Waals surface area contributed by atoms with E-state index in [0.717, 1.165) is 0 Å². The van der Waals surface area contributed by atoms with Gasteiger partial charge in [-0.3, -0.25) is 0 Å². The van der Waals surface area contributed by atoms with Crippen LogP contribution in [0.4, 0.5) is 0 Å². The topological polar surface area (TPSA) is 503 Å². The SMILES string of the molecule is OC1[C@H](O[C@@H]2CO[C@@H](O[C@@H]3CO[C@H](O[C@@H]4CO[C@H](O[C@@H]5CO[C@H](O[C@@H]6CO[C@H](O[C@@H]7CO[C@H](O[C@@H]8CO[C@@H](O)C(O)[C@H]8O)C(O)[C@H]7O)C(O)[C@H]6O)C(O)[C@H]5O)C(O)[C@H]4O)C(O)[C@H]3O)C(O)[C@H]2O)OC[C@@H](O)[C@@H]1O. The summed E-state index contributed by atoms with van der Waals surface area (Å²) in [7, 11) is 0. The number of hydrogen-bond donors (Lipinski definition) is 18. The molecule has 0 bridgehead atoms.